The van der Waals surface area contributed by atoms with E-state index in [1.807, 2.05) is 32.0 Å². The molecule has 0 bridgehead atoms. The number of hydrogen-bond acceptors (Lipinski definition) is 3. The third kappa shape index (κ3) is 5.61. The molecule has 0 amide bonds. The molecule has 1 N–H and O–H groups in total. The Labute approximate surface area is 116 Å². The van der Waals surface area contributed by atoms with E-state index in [1.165, 1.54) is 0 Å². The van der Waals surface area contributed by atoms with Gasteiger partial charge in [-0.25, -0.2) is 13.1 Å². The molecular weight excluding hydrogens is 262 g/mol. The molecule has 108 valence electrons. The summed E-state index contributed by atoms with van der Waals surface area (Å²) in [5.41, 5.74) is 2.17. The molecule has 0 fully saturated rings. The van der Waals surface area contributed by atoms with E-state index in [0.717, 1.165) is 23.3 Å². The number of unbranched alkanes of at least 4 members (excludes halogenated alkanes) is 1. The van der Waals surface area contributed by atoms with Crippen LogP contribution in [0, 0.1) is 6.92 Å². The summed E-state index contributed by atoms with van der Waals surface area (Å²) in [4.78, 5) is 0. The van der Waals surface area contributed by atoms with Crippen LogP contribution in [0.15, 0.2) is 18.2 Å². The van der Waals surface area contributed by atoms with Gasteiger partial charge in [-0.2, -0.15) is 0 Å². The SMILES string of the molecule is CCCCS(=O)(=O)NCCc1cc(C)ccc1OC. The van der Waals surface area contributed by atoms with Crippen molar-refractivity contribution in [1.82, 2.24) is 4.72 Å². The summed E-state index contributed by atoms with van der Waals surface area (Å²) >= 11 is 0. The number of methoxy groups -OCH3 is 1. The Bertz CT molecular complexity index is 497. The predicted molar refractivity (Wildman–Crippen MR) is 78.1 cm³/mol. The highest BCUT2D eigenvalue weighted by atomic mass is 32.2. The van der Waals surface area contributed by atoms with E-state index in [4.69, 9.17) is 4.74 Å². The van der Waals surface area contributed by atoms with Gasteiger partial charge in [0.05, 0.1) is 12.9 Å². The fraction of sp³-hybridized carbons (Fsp3) is 0.571. The molecule has 0 atom stereocenters. The van der Waals surface area contributed by atoms with Crippen LogP contribution in [0.3, 0.4) is 0 Å². The first-order valence-electron chi connectivity index (χ1n) is 6.59. The average molecular weight is 285 g/mol. The quantitative estimate of drug-likeness (QED) is 0.797. The van der Waals surface area contributed by atoms with Crippen LogP contribution in [0.4, 0.5) is 0 Å². The highest BCUT2D eigenvalue weighted by Crippen LogP contribution is 2.19. The van der Waals surface area contributed by atoms with Crippen LogP contribution >= 0.6 is 0 Å². The molecule has 1 rings (SSSR count). The van der Waals surface area contributed by atoms with Gasteiger partial charge in [0.1, 0.15) is 5.75 Å². The summed E-state index contributed by atoms with van der Waals surface area (Å²) in [5.74, 6) is 1.01. The van der Waals surface area contributed by atoms with Gasteiger partial charge in [-0.15, -0.1) is 0 Å². The summed E-state index contributed by atoms with van der Waals surface area (Å²) in [5, 5.41) is 0. The zero-order valence-electron chi connectivity index (χ0n) is 11.9. The Kier molecular flexibility index (Phi) is 6.31. The normalized spacial score (nSPS) is 11.5. The van der Waals surface area contributed by atoms with Crippen molar-refractivity contribution in [1.29, 1.82) is 0 Å². The van der Waals surface area contributed by atoms with E-state index in [9.17, 15) is 8.42 Å². The molecule has 0 aliphatic rings. The summed E-state index contributed by atoms with van der Waals surface area (Å²) in [6, 6.07) is 5.92. The van der Waals surface area contributed by atoms with Crippen molar-refractivity contribution in [2.45, 2.75) is 33.1 Å². The highest BCUT2D eigenvalue weighted by Gasteiger charge is 2.09. The maximum atomic E-state index is 11.7. The molecule has 1 aromatic carbocycles. The van der Waals surface area contributed by atoms with Gasteiger partial charge in [0.25, 0.3) is 0 Å². The lowest BCUT2D eigenvalue weighted by Crippen LogP contribution is -2.28. The van der Waals surface area contributed by atoms with Crippen LogP contribution in [0.2, 0.25) is 0 Å². The van der Waals surface area contributed by atoms with E-state index >= 15 is 0 Å². The first-order chi connectivity index (χ1) is 8.98. The standard InChI is InChI=1S/C14H23NO3S/c1-4-5-10-19(16,17)15-9-8-13-11-12(2)6-7-14(13)18-3/h6-7,11,15H,4-5,8-10H2,1-3H3. The Morgan fingerprint density at radius 3 is 2.68 bits per heavy atom. The van der Waals surface area contributed by atoms with Gasteiger partial charge in [-0.1, -0.05) is 31.0 Å². The third-order valence-electron chi connectivity index (χ3n) is 2.92. The van der Waals surface area contributed by atoms with Gasteiger partial charge in [0.15, 0.2) is 0 Å². The van der Waals surface area contributed by atoms with Crippen molar-refractivity contribution in [3.05, 3.63) is 29.3 Å². The van der Waals surface area contributed by atoms with Crippen molar-refractivity contribution in [3.8, 4) is 5.75 Å². The largest absolute Gasteiger partial charge is 0.496 e. The molecular formula is C14H23NO3S. The summed E-state index contributed by atoms with van der Waals surface area (Å²) < 4.78 is 31.2. The summed E-state index contributed by atoms with van der Waals surface area (Å²) in [6.07, 6.45) is 2.21. The number of nitrogens with one attached hydrogen (secondary N) is 1. The number of rotatable bonds is 8. The maximum Gasteiger partial charge on any atom is 0.211 e. The Morgan fingerprint density at radius 2 is 2.05 bits per heavy atom. The number of ether oxygens (including phenoxy) is 1. The molecule has 19 heavy (non-hydrogen) atoms. The molecule has 0 unspecified atom stereocenters. The van der Waals surface area contributed by atoms with Gasteiger partial charge in [0.2, 0.25) is 10.0 Å². The average Bonchev–Trinajstić information content (AvgIpc) is 2.36. The second kappa shape index (κ2) is 7.50. The van der Waals surface area contributed by atoms with Crippen LogP contribution in [-0.4, -0.2) is 27.8 Å². The van der Waals surface area contributed by atoms with Crippen LogP contribution in [-0.2, 0) is 16.4 Å². The molecule has 0 saturated carbocycles. The van der Waals surface area contributed by atoms with E-state index in [-0.39, 0.29) is 5.75 Å². The van der Waals surface area contributed by atoms with Crippen molar-refractivity contribution < 1.29 is 13.2 Å². The minimum absolute atomic E-state index is 0.203. The van der Waals surface area contributed by atoms with Crippen LogP contribution in [0.5, 0.6) is 5.75 Å². The van der Waals surface area contributed by atoms with Crippen molar-refractivity contribution in [2.24, 2.45) is 0 Å². The second-order valence-electron chi connectivity index (χ2n) is 4.63. The lowest BCUT2D eigenvalue weighted by atomic mass is 10.1. The van der Waals surface area contributed by atoms with Gasteiger partial charge >= 0.3 is 0 Å². The van der Waals surface area contributed by atoms with E-state index in [0.29, 0.717) is 19.4 Å². The molecule has 0 saturated heterocycles. The fourth-order valence-corrected chi connectivity index (χ4v) is 3.08. The van der Waals surface area contributed by atoms with Crippen molar-refractivity contribution in [2.75, 3.05) is 19.4 Å². The second-order valence-corrected chi connectivity index (χ2v) is 6.56. The smallest absolute Gasteiger partial charge is 0.211 e. The summed E-state index contributed by atoms with van der Waals surface area (Å²) in [6.45, 7) is 4.40. The van der Waals surface area contributed by atoms with Crippen molar-refractivity contribution >= 4 is 10.0 Å². The number of benzene rings is 1. The predicted octanol–water partition coefficient (Wildman–Crippen LogP) is 2.27. The molecule has 0 heterocycles. The van der Waals surface area contributed by atoms with Crippen LogP contribution in [0.25, 0.3) is 0 Å². The Hall–Kier alpha value is -1.07. The zero-order chi connectivity index (χ0) is 14.3. The lowest BCUT2D eigenvalue weighted by Gasteiger charge is -2.10. The Morgan fingerprint density at radius 1 is 1.32 bits per heavy atom. The molecule has 1 aromatic rings. The minimum atomic E-state index is -3.13. The van der Waals surface area contributed by atoms with E-state index in [1.54, 1.807) is 7.11 Å². The number of hydrogen-bond donors (Lipinski definition) is 1. The molecule has 0 aromatic heterocycles. The van der Waals surface area contributed by atoms with Gasteiger partial charge in [-0.05, 0) is 31.4 Å². The van der Waals surface area contributed by atoms with E-state index in [2.05, 4.69) is 4.72 Å². The first-order valence-corrected chi connectivity index (χ1v) is 8.24. The Balaban J connectivity index is 2.55. The summed E-state index contributed by atoms with van der Waals surface area (Å²) in [7, 11) is -1.51. The molecule has 0 aliphatic carbocycles. The first kappa shape index (κ1) is 16.0. The molecule has 5 heteroatoms. The number of sulfonamides is 1. The maximum absolute atomic E-state index is 11.7. The molecule has 0 radical (unpaired) electrons. The third-order valence-corrected chi connectivity index (χ3v) is 4.39. The molecule has 0 spiro atoms. The van der Waals surface area contributed by atoms with Crippen molar-refractivity contribution in [3.63, 3.8) is 0 Å². The lowest BCUT2D eigenvalue weighted by molar-refractivity contribution is 0.409. The number of aryl methyl sites for hydroxylation is 1. The molecule has 0 aliphatic heterocycles. The minimum Gasteiger partial charge on any atom is -0.496 e. The van der Waals surface area contributed by atoms with Gasteiger partial charge in [-0.3, -0.25) is 0 Å². The van der Waals surface area contributed by atoms with Gasteiger partial charge < -0.3 is 4.74 Å². The monoisotopic (exact) mass is 285 g/mol. The fourth-order valence-electron chi connectivity index (χ4n) is 1.85. The van der Waals surface area contributed by atoms with Crippen LogP contribution < -0.4 is 9.46 Å². The molecule has 4 nitrogen and oxygen atoms in total. The topological polar surface area (TPSA) is 55.4 Å². The van der Waals surface area contributed by atoms with Crippen LogP contribution in [0.1, 0.15) is 30.9 Å². The zero-order valence-corrected chi connectivity index (χ0v) is 12.7. The highest BCUT2D eigenvalue weighted by molar-refractivity contribution is 7.89. The van der Waals surface area contributed by atoms with E-state index < -0.39 is 10.0 Å². The van der Waals surface area contributed by atoms with Gasteiger partial charge in [0, 0.05) is 6.54 Å².